The molecular formula is C33H45F2N7O. The smallest absolute Gasteiger partial charge is 0.264 e. The van der Waals surface area contributed by atoms with Gasteiger partial charge in [0.05, 0.1) is 12.7 Å². The lowest BCUT2D eigenvalue weighted by Gasteiger charge is -2.41. The molecule has 4 aliphatic rings. The first kappa shape index (κ1) is 29.8. The SMILES string of the molecule is CC(=O)N1CCC(NC2CCN(C3CCCCC3)CC2)=C(C(=N)N2CCCc3cc(-c4cnn(C)c4)c(C(F)F)cc32)C1. The number of anilines is 1. The Morgan fingerprint density at radius 3 is 2.47 bits per heavy atom. The van der Waals surface area contributed by atoms with E-state index in [1.807, 2.05) is 11.0 Å². The third-order valence-corrected chi connectivity index (χ3v) is 9.97. The Labute approximate surface area is 253 Å². The number of aromatic nitrogens is 2. The molecule has 2 N–H and O–H groups in total. The first-order chi connectivity index (χ1) is 20.8. The summed E-state index contributed by atoms with van der Waals surface area (Å²) in [7, 11) is 1.78. The number of halogens is 2. The molecule has 0 unspecified atom stereocenters. The van der Waals surface area contributed by atoms with Crippen molar-refractivity contribution in [2.75, 3.05) is 37.6 Å². The maximum Gasteiger partial charge on any atom is 0.264 e. The fourth-order valence-corrected chi connectivity index (χ4v) is 7.55. The summed E-state index contributed by atoms with van der Waals surface area (Å²) in [6.45, 7) is 5.33. The number of hydrogen-bond donors (Lipinski definition) is 2. The molecule has 1 aliphatic carbocycles. The fraction of sp³-hybridized carbons (Fsp3) is 0.606. The number of aryl methyl sites for hydroxylation is 2. The lowest BCUT2D eigenvalue weighted by molar-refractivity contribution is -0.128. The molecule has 232 valence electrons. The Morgan fingerprint density at radius 2 is 1.79 bits per heavy atom. The summed E-state index contributed by atoms with van der Waals surface area (Å²) < 4.78 is 30.5. The van der Waals surface area contributed by atoms with Gasteiger partial charge in [0.25, 0.3) is 6.43 Å². The van der Waals surface area contributed by atoms with Gasteiger partial charge in [-0.05, 0) is 61.8 Å². The Bertz CT molecular complexity index is 1370. The summed E-state index contributed by atoms with van der Waals surface area (Å²) in [5.41, 5.74) is 4.59. The first-order valence-electron chi connectivity index (χ1n) is 16.1. The quantitative estimate of drug-likeness (QED) is 0.335. The van der Waals surface area contributed by atoms with Gasteiger partial charge in [0.2, 0.25) is 5.91 Å². The summed E-state index contributed by atoms with van der Waals surface area (Å²) in [5, 5.41) is 17.4. The van der Waals surface area contributed by atoms with E-state index < -0.39 is 6.43 Å². The van der Waals surface area contributed by atoms with Gasteiger partial charge >= 0.3 is 0 Å². The van der Waals surface area contributed by atoms with Crippen molar-refractivity contribution in [3.05, 3.63) is 46.9 Å². The molecule has 2 aromatic rings. The number of carbonyl (C=O) groups is 1. The standard InChI is InChI=1S/C33H45F2N7O/c1-22(43)41-16-12-30(38-25-10-14-40(15-11-25)26-8-4-3-5-9-26)29(21-41)33(36)42-13-6-7-23-17-27(24-19-37-39(2)20-24)28(32(34)35)18-31(23)42/h17-20,25-26,32,36,38H,3-16,21H2,1-2H3. The van der Waals surface area contributed by atoms with E-state index in [0.29, 0.717) is 54.7 Å². The van der Waals surface area contributed by atoms with Crippen molar-refractivity contribution in [2.45, 2.75) is 89.6 Å². The molecule has 1 amide bonds. The Balaban J connectivity index is 1.26. The fourth-order valence-electron chi connectivity index (χ4n) is 7.55. The molecule has 1 saturated heterocycles. The zero-order valence-corrected chi connectivity index (χ0v) is 25.5. The summed E-state index contributed by atoms with van der Waals surface area (Å²) in [6, 6.07) is 4.51. The second kappa shape index (κ2) is 12.8. The zero-order valence-electron chi connectivity index (χ0n) is 25.5. The number of amides is 1. The molecule has 0 bridgehead atoms. The van der Waals surface area contributed by atoms with Gasteiger partial charge in [-0.3, -0.25) is 14.9 Å². The van der Waals surface area contributed by atoms with Crippen LogP contribution in [0, 0.1) is 5.41 Å². The number of benzene rings is 1. The lowest BCUT2D eigenvalue weighted by atomic mass is 9.91. The van der Waals surface area contributed by atoms with Crippen LogP contribution in [0.1, 0.15) is 82.3 Å². The summed E-state index contributed by atoms with van der Waals surface area (Å²) in [5.74, 6) is 0.300. The molecule has 1 aromatic carbocycles. The van der Waals surface area contributed by atoms with Crippen molar-refractivity contribution < 1.29 is 13.6 Å². The number of fused-ring (bicyclic) bond motifs is 1. The zero-order chi connectivity index (χ0) is 30.1. The highest BCUT2D eigenvalue weighted by Crippen LogP contribution is 2.40. The average Bonchev–Trinajstić information content (AvgIpc) is 3.46. The molecule has 1 saturated carbocycles. The van der Waals surface area contributed by atoms with Gasteiger partial charge in [0.1, 0.15) is 5.84 Å². The maximum absolute atomic E-state index is 14.4. The molecule has 4 heterocycles. The third kappa shape index (κ3) is 6.35. The number of alkyl halides is 2. The molecule has 3 aliphatic heterocycles. The van der Waals surface area contributed by atoms with Crippen molar-refractivity contribution in [3.63, 3.8) is 0 Å². The van der Waals surface area contributed by atoms with Crippen molar-refractivity contribution in [2.24, 2.45) is 7.05 Å². The molecule has 8 nitrogen and oxygen atoms in total. The van der Waals surface area contributed by atoms with Crippen LogP contribution in [0.2, 0.25) is 0 Å². The highest BCUT2D eigenvalue weighted by Gasteiger charge is 2.32. The predicted octanol–water partition coefficient (Wildman–Crippen LogP) is 5.65. The lowest BCUT2D eigenvalue weighted by Crippen LogP contribution is -2.49. The van der Waals surface area contributed by atoms with Crippen LogP contribution in [-0.2, 0) is 18.3 Å². The molecule has 6 rings (SSSR count). The van der Waals surface area contributed by atoms with Gasteiger partial charge in [-0.25, -0.2) is 8.78 Å². The van der Waals surface area contributed by atoms with Crippen molar-refractivity contribution >= 4 is 17.4 Å². The van der Waals surface area contributed by atoms with E-state index in [-0.39, 0.29) is 11.5 Å². The molecule has 0 atom stereocenters. The van der Waals surface area contributed by atoms with Crippen LogP contribution in [-0.4, -0.2) is 76.1 Å². The number of likely N-dealkylation sites (tertiary alicyclic amines) is 1. The van der Waals surface area contributed by atoms with E-state index in [1.54, 1.807) is 42.0 Å². The molecule has 0 spiro atoms. The molecular weight excluding hydrogens is 548 g/mol. The van der Waals surface area contributed by atoms with Crippen molar-refractivity contribution in [3.8, 4) is 11.1 Å². The average molecular weight is 594 g/mol. The summed E-state index contributed by atoms with van der Waals surface area (Å²) in [6.07, 6.45) is 11.8. The van der Waals surface area contributed by atoms with E-state index in [1.165, 1.54) is 32.1 Å². The Morgan fingerprint density at radius 1 is 1.02 bits per heavy atom. The Kier molecular flexibility index (Phi) is 8.84. The molecule has 1 aromatic heterocycles. The molecule has 2 fully saturated rings. The first-order valence-corrected chi connectivity index (χ1v) is 16.1. The van der Waals surface area contributed by atoms with E-state index in [0.717, 1.165) is 61.6 Å². The van der Waals surface area contributed by atoms with Crippen molar-refractivity contribution in [1.29, 1.82) is 5.41 Å². The largest absolute Gasteiger partial charge is 0.385 e. The second-order valence-electron chi connectivity index (χ2n) is 12.8. The van der Waals surface area contributed by atoms with Crippen LogP contribution in [0.4, 0.5) is 14.5 Å². The highest BCUT2D eigenvalue weighted by molar-refractivity contribution is 6.09. The van der Waals surface area contributed by atoms with Gasteiger partial charge in [0, 0.05) is 92.9 Å². The van der Waals surface area contributed by atoms with Gasteiger partial charge in [-0.2, -0.15) is 5.10 Å². The van der Waals surface area contributed by atoms with Crippen LogP contribution in [0.15, 0.2) is 35.8 Å². The Hall–Kier alpha value is -3.27. The third-order valence-electron chi connectivity index (χ3n) is 9.97. The van der Waals surface area contributed by atoms with Crippen molar-refractivity contribution in [1.82, 2.24) is 24.9 Å². The minimum Gasteiger partial charge on any atom is -0.385 e. The predicted molar refractivity (Wildman–Crippen MR) is 165 cm³/mol. The second-order valence-corrected chi connectivity index (χ2v) is 12.8. The van der Waals surface area contributed by atoms with E-state index >= 15 is 0 Å². The number of nitrogens with zero attached hydrogens (tertiary/aromatic N) is 5. The number of carbonyl (C=O) groups excluding carboxylic acids is 1. The highest BCUT2D eigenvalue weighted by atomic mass is 19.3. The van der Waals surface area contributed by atoms with Crippen LogP contribution in [0.5, 0.6) is 0 Å². The molecule has 0 radical (unpaired) electrons. The van der Waals surface area contributed by atoms with Crippen LogP contribution in [0.25, 0.3) is 11.1 Å². The number of rotatable bonds is 6. The van der Waals surface area contributed by atoms with E-state index in [9.17, 15) is 19.0 Å². The maximum atomic E-state index is 14.4. The van der Waals surface area contributed by atoms with E-state index in [2.05, 4.69) is 15.3 Å². The summed E-state index contributed by atoms with van der Waals surface area (Å²) in [4.78, 5) is 18.8. The van der Waals surface area contributed by atoms with E-state index in [4.69, 9.17) is 0 Å². The van der Waals surface area contributed by atoms with Crippen LogP contribution >= 0.6 is 0 Å². The number of piperidine rings is 1. The number of amidine groups is 1. The molecule has 10 heteroatoms. The minimum absolute atomic E-state index is 0.00900. The molecule has 43 heavy (non-hydrogen) atoms. The minimum atomic E-state index is -2.66. The van der Waals surface area contributed by atoms with Crippen LogP contribution in [0.3, 0.4) is 0 Å². The topological polar surface area (TPSA) is 80.5 Å². The number of hydrogen-bond acceptors (Lipinski definition) is 5. The normalized spacial score (nSPS) is 21.0. The summed E-state index contributed by atoms with van der Waals surface area (Å²) >= 11 is 0. The van der Waals surface area contributed by atoms with Gasteiger partial charge in [-0.1, -0.05) is 19.3 Å². The van der Waals surface area contributed by atoms with Crippen LogP contribution < -0.4 is 10.2 Å². The monoisotopic (exact) mass is 593 g/mol. The number of nitrogens with one attached hydrogen (secondary N) is 2. The van der Waals surface area contributed by atoms with Gasteiger partial charge in [0.15, 0.2) is 0 Å². The van der Waals surface area contributed by atoms with Gasteiger partial charge < -0.3 is 20.0 Å². The van der Waals surface area contributed by atoms with Gasteiger partial charge in [-0.15, -0.1) is 0 Å².